The first-order chi connectivity index (χ1) is 7.72. The van der Waals surface area contributed by atoms with Crippen LogP contribution in [0.4, 0.5) is 0 Å². The van der Waals surface area contributed by atoms with Crippen LogP contribution < -0.4 is 4.74 Å². The van der Waals surface area contributed by atoms with Gasteiger partial charge in [0.15, 0.2) is 0 Å². The van der Waals surface area contributed by atoms with Crippen LogP contribution in [0, 0.1) is 0 Å². The molecule has 16 heavy (non-hydrogen) atoms. The summed E-state index contributed by atoms with van der Waals surface area (Å²) in [6.07, 6.45) is 0. The molecule has 5 heteroatoms. The molecule has 82 valence electrons. The van der Waals surface area contributed by atoms with Crippen LogP contribution in [0.25, 0.3) is 11.0 Å². The first kappa shape index (κ1) is 10.4. The molecular formula is C11H10N2O3. The highest BCUT2D eigenvalue weighted by molar-refractivity contribution is 5.90. The largest absolute Gasteiger partial charge is 0.476 e. The van der Waals surface area contributed by atoms with Crippen LogP contribution in [0.1, 0.15) is 17.4 Å². The van der Waals surface area contributed by atoms with Crippen LogP contribution in [0.3, 0.4) is 0 Å². The molecule has 0 saturated heterocycles. The number of carboxylic acids is 1. The molecule has 0 aliphatic heterocycles. The summed E-state index contributed by atoms with van der Waals surface area (Å²) in [5.74, 6) is -1.07. The fourth-order valence-electron chi connectivity index (χ4n) is 1.36. The lowest BCUT2D eigenvalue weighted by Crippen LogP contribution is -2.07. The molecule has 0 saturated carbocycles. The van der Waals surface area contributed by atoms with Gasteiger partial charge in [-0.2, -0.15) is 0 Å². The van der Waals surface area contributed by atoms with E-state index in [0.29, 0.717) is 17.6 Å². The molecule has 0 atom stereocenters. The Hall–Kier alpha value is -2.17. The summed E-state index contributed by atoms with van der Waals surface area (Å²) in [7, 11) is 0. The van der Waals surface area contributed by atoms with Crippen LogP contribution in [0.2, 0.25) is 0 Å². The van der Waals surface area contributed by atoms with E-state index in [0.717, 1.165) is 0 Å². The quantitative estimate of drug-likeness (QED) is 0.849. The van der Waals surface area contributed by atoms with Crippen LogP contribution in [0.15, 0.2) is 24.3 Å². The van der Waals surface area contributed by atoms with E-state index >= 15 is 0 Å². The van der Waals surface area contributed by atoms with Crippen molar-refractivity contribution in [3.8, 4) is 5.88 Å². The molecule has 0 unspecified atom stereocenters. The third-order valence-corrected chi connectivity index (χ3v) is 2.02. The molecule has 1 N–H and O–H groups in total. The van der Waals surface area contributed by atoms with Crippen molar-refractivity contribution < 1.29 is 14.6 Å². The van der Waals surface area contributed by atoms with E-state index in [1.807, 2.05) is 6.07 Å². The van der Waals surface area contributed by atoms with Gasteiger partial charge in [0.1, 0.15) is 0 Å². The topological polar surface area (TPSA) is 72.3 Å². The lowest BCUT2D eigenvalue weighted by atomic mass is 10.3. The van der Waals surface area contributed by atoms with E-state index in [2.05, 4.69) is 9.97 Å². The van der Waals surface area contributed by atoms with Crippen LogP contribution in [0.5, 0.6) is 5.88 Å². The van der Waals surface area contributed by atoms with Gasteiger partial charge >= 0.3 is 5.97 Å². The zero-order valence-corrected chi connectivity index (χ0v) is 8.67. The van der Waals surface area contributed by atoms with Crippen molar-refractivity contribution >= 4 is 17.0 Å². The standard InChI is InChI=1S/C11H10N2O3/c1-2-16-10-9(11(14)15)12-7-5-3-4-6-8(7)13-10/h3-6H,2H2,1H3,(H,14,15). The number of fused-ring (bicyclic) bond motifs is 1. The molecule has 5 nitrogen and oxygen atoms in total. The number of aromatic carboxylic acids is 1. The molecule has 0 aliphatic rings. The number of carboxylic acid groups (broad SMARTS) is 1. The zero-order chi connectivity index (χ0) is 11.5. The molecular weight excluding hydrogens is 208 g/mol. The van der Waals surface area contributed by atoms with Gasteiger partial charge in [-0.1, -0.05) is 12.1 Å². The van der Waals surface area contributed by atoms with Crippen molar-refractivity contribution in [3.63, 3.8) is 0 Å². The minimum absolute atomic E-state index is 0.0636. The van der Waals surface area contributed by atoms with Crippen LogP contribution in [-0.2, 0) is 0 Å². The zero-order valence-electron chi connectivity index (χ0n) is 8.67. The van der Waals surface area contributed by atoms with Gasteiger partial charge in [0, 0.05) is 0 Å². The van der Waals surface area contributed by atoms with E-state index in [-0.39, 0.29) is 11.6 Å². The molecule has 1 aromatic heterocycles. The molecule has 0 bridgehead atoms. The van der Waals surface area contributed by atoms with E-state index in [1.165, 1.54) is 0 Å². The summed E-state index contributed by atoms with van der Waals surface area (Å²) in [6.45, 7) is 2.12. The average molecular weight is 218 g/mol. The first-order valence-corrected chi connectivity index (χ1v) is 4.85. The van der Waals surface area contributed by atoms with Gasteiger partial charge in [0.25, 0.3) is 0 Å². The van der Waals surface area contributed by atoms with Gasteiger partial charge in [-0.3, -0.25) is 0 Å². The molecule has 0 fully saturated rings. The maximum atomic E-state index is 11.0. The van der Waals surface area contributed by atoms with Gasteiger partial charge in [-0.15, -0.1) is 0 Å². The summed E-state index contributed by atoms with van der Waals surface area (Å²) < 4.78 is 5.15. The van der Waals surface area contributed by atoms with Gasteiger partial charge in [0.05, 0.1) is 17.6 Å². The Morgan fingerprint density at radius 2 is 1.94 bits per heavy atom. The normalized spacial score (nSPS) is 10.3. The van der Waals surface area contributed by atoms with Gasteiger partial charge in [0.2, 0.25) is 11.6 Å². The maximum Gasteiger partial charge on any atom is 0.360 e. The average Bonchev–Trinajstić information content (AvgIpc) is 2.28. The number of para-hydroxylation sites is 2. The Labute approximate surface area is 91.7 Å². The Morgan fingerprint density at radius 1 is 1.31 bits per heavy atom. The number of hydrogen-bond acceptors (Lipinski definition) is 4. The van der Waals surface area contributed by atoms with Crippen molar-refractivity contribution in [2.24, 2.45) is 0 Å². The van der Waals surface area contributed by atoms with E-state index in [4.69, 9.17) is 9.84 Å². The summed E-state index contributed by atoms with van der Waals surface area (Å²) in [5.41, 5.74) is 1.01. The van der Waals surface area contributed by atoms with Crippen molar-refractivity contribution in [3.05, 3.63) is 30.0 Å². The van der Waals surface area contributed by atoms with Gasteiger partial charge in [-0.25, -0.2) is 14.8 Å². The summed E-state index contributed by atoms with van der Waals surface area (Å²) in [5, 5.41) is 8.97. The predicted octanol–water partition coefficient (Wildman–Crippen LogP) is 1.73. The van der Waals surface area contributed by atoms with Crippen LogP contribution >= 0.6 is 0 Å². The lowest BCUT2D eigenvalue weighted by molar-refractivity contribution is 0.0685. The third-order valence-electron chi connectivity index (χ3n) is 2.02. The van der Waals surface area contributed by atoms with Crippen molar-refractivity contribution in [2.45, 2.75) is 6.92 Å². The molecule has 0 spiro atoms. The minimum atomic E-state index is -1.14. The van der Waals surface area contributed by atoms with Crippen molar-refractivity contribution in [2.75, 3.05) is 6.61 Å². The maximum absolute atomic E-state index is 11.0. The number of ether oxygens (including phenoxy) is 1. The molecule has 1 aromatic carbocycles. The number of aromatic nitrogens is 2. The SMILES string of the molecule is CCOc1nc2ccccc2nc1C(=O)O. The fraction of sp³-hybridized carbons (Fsp3) is 0.182. The molecule has 0 amide bonds. The molecule has 1 heterocycles. The second kappa shape index (κ2) is 4.14. The van der Waals surface area contributed by atoms with Gasteiger partial charge < -0.3 is 9.84 Å². The highest BCUT2D eigenvalue weighted by Crippen LogP contribution is 2.18. The fourth-order valence-corrected chi connectivity index (χ4v) is 1.36. The second-order valence-corrected chi connectivity index (χ2v) is 3.10. The molecule has 2 aromatic rings. The Morgan fingerprint density at radius 3 is 2.50 bits per heavy atom. The predicted molar refractivity (Wildman–Crippen MR) is 57.7 cm³/mol. The number of nitrogens with zero attached hydrogens (tertiary/aromatic N) is 2. The first-order valence-electron chi connectivity index (χ1n) is 4.85. The lowest BCUT2D eigenvalue weighted by Gasteiger charge is -2.06. The summed E-state index contributed by atoms with van der Waals surface area (Å²) in [6, 6.07) is 7.07. The second-order valence-electron chi connectivity index (χ2n) is 3.10. The van der Waals surface area contributed by atoms with Crippen molar-refractivity contribution in [1.29, 1.82) is 0 Å². The molecule has 0 radical (unpaired) electrons. The van der Waals surface area contributed by atoms with Crippen LogP contribution in [-0.4, -0.2) is 27.7 Å². The monoisotopic (exact) mass is 218 g/mol. The van der Waals surface area contributed by atoms with E-state index in [1.54, 1.807) is 25.1 Å². The summed E-state index contributed by atoms with van der Waals surface area (Å²) in [4.78, 5) is 19.1. The van der Waals surface area contributed by atoms with E-state index in [9.17, 15) is 4.79 Å². The number of carbonyl (C=O) groups is 1. The highest BCUT2D eigenvalue weighted by Gasteiger charge is 2.16. The van der Waals surface area contributed by atoms with Gasteiger partial charge in [-0.05, 0) is 19.1 Å². The third kappa shape index (κ3) is 1.79. The van der Waals surface area contributed by atoms with E-state index < -0.39 is 5.97 Å². The molecule has 2 rings (SSSR count). The Balaban J connectivity index is 2.65. The summed E-state index contributed by atoms with van der Waals surface area (Å²) >= 11 is 0. The number of hydrogen-bond donors (Lipinski definition) is 1. The Kier molecular flexibility index (Phi) is 2.68. The highest BCUT2D eigenvalue weighted by atomic mass is 16.5. The smallest absolute Gasteiger partial charge is 0.360 e. The number of rotatable bonds is 3. The molecule has 0 aliphatic carbocycles. The van der Waals surface area contributed by atoms with Crippen molar-refractivity contribution in [1.82, 2.24) is 9.97 Å². The minimum Gasteiger partial charge on any atom is -0.476 e. The number of benzene rings is 1. The Bertz CT molecular complexity index is 540.